The van der Waals surface area contributed by atoms with Gasteiger partial charge in [-0.15, -0.1) is 12.4 Å². The average molecular weight is 315 g/mol. The van der Waals surface area contributed by atoms with Crippen molar-refractivity contribution < 1.29 is 4.39 Å². The lowest BCUT2D eigenvalue weighted by atomic mass is 9.94. The number of rotatable bonds is 6. The minimum absolute atomic E-state index is 0. The van der Waals surface area contributed by atoms with E-state index in [1.165, 1.54) is 31.2 Å². The lowest BCUT2D eigenvalue weighted by Gasteiger charge is -2.36. The highest BCUT2D eigenvalue weighted by Crippen LogP contribution is 2.29. The van der Waals surface area contributed by atoms with Crippen molar-refractivity contribution in [3.63, 3.8) is 0 Å². The molecule has 0 radical (unpaired) electrons. The van der Waals surface area contributed by atoms with Gasteiger partial charge in [0.05, 0.1) is 0 Å². The standard InChI is InChI=1S/C17H27FN2.ClH/c1-3-4-5-6-17(20-11-9-19-10-12-20)16-8-7-15(18)13-14(16)2;/h7-8,13,17,19H,3-6,9-12H2,1-2H3;1H/t17-;/m1./s1. The smallest absolute Gasteiger partial charge is 0.123 e. The molecule has 0 bridgehead atoms. The lowest BCUT2D eigenvalue weighted by molar-refractivity contribution is 0.162. The van der Waals surface area contributed by atoms with E-state index in [2.05, 4.69) is 17.1 Å². The van der Waals surface area contributed by atoms with Crippen LogP contribution in [0.5, 0.6) is 0 Å². The summed E-state index contributed by atoms with van der Waals surface area (Å²) in [5, 5.41) is 3.41. The Balaban J connectivity index is 0.00000220. The number of piperazine rings is 1. The number of benzene rings is 1. The molecule has 0 saturated carbocycles. The van der Waals surface area contributed by atoms with Crippen LogP contribution >= 0.6 is 12.4 Å². The van der Waals surface area contributed by atoms with Crippen molar-refractivity contribution in [2.24, 2.45) is 0 Å². The highest BCUT2D eigenvalue weighted by molar-refractivity contribution is 5.85. The van der Waals surface area contributed by atoms with Crippen LogP contribution in [0.4, 0.5) is 4.39 Å². The summed E-state index contributed by atoms with van der Waals surface area (Å²) in [4.78, 5) is 2.56. The number of nitrogens with zero attached hydrogens (tertiary/aromatic N) is 1. The third-order valence-corrected chi connectivity index (χ3v) is 4.26. The van der Waals surface area contributed by atoms with Crippen LogP contribution in [0.2, 0.25) is 0 Å². The zero-order chi connectivity index (χ0) is 14.4. The molecule has 4 heteroatoms. The molecule has 1 saturated heterocycles. The van der Waals surface area contributed by atoms with Gasteiger partial charge >= 0.3 is 0 Å². The quantitative estimate of drug-likeness (QED) is 0.796. The first kappa shape index (κ1) is 18.4. The summed E-state index contributed by atoms with van der Waals surface area (Å²) in [5.41, 5.74) is 2.40. The van der Waals surface area contributed by atoms with Gasteiger partial charge in [0.25, 0.3) is 0 Å². The van der Waals surface area contributed by atoms with E-state index in [-0.39, 0.29) is 18.2 Å². The molecule has 0 amide bonds. The maximum Gasteiger partial charge on any atom is 0.123 e. The van der Waals surface area contributed by atoms with Crippen LogP contribution in [0.15, 0.2) is 18.2 Å². The summed E-state index contributed by atoms with van der Waals surface area (Å²) in [7, 11) is 0. The van der Waals surface area contributed by atoms with E-state index < -0.39 is 0 Å². The maximum absolute atomic E-state index is 13.3. The number of unbranched alkanes of at least 4 members (excludes halogenated alkanes) is 2. The SMILES string of the molecule is CCCCC[C@H](c1ccc(F)cc1C)N1CCNCC1.Cl. The highest BCUT2D eigenvalue weighted by atomic mass is 35.5. The fraction of sp³-hybridized carbons (Fsp3) is 0.647. The van der Waals surface area contributed by atoms with Crippen molar-refractivity contribution in [2.75, 3.05) is 26.2 Å². The van der Waals surface area contributed by atoms with Crippen molar-refractivity contribution in [3.05, 3.63) is 35.1 Å². The predicted molar refractivity (Wildman–Crippen MR) is 89.7 cm³/mol. The number of aryl methyl sites for hydroxylation is 1. The Kier molecular flexibility index (Phi) is 8.23. The van der Waals surface area contributed by atoms with Gasteiger partial charge in [-0.3, -0.25) is 4.90 Å². The van der Waals surface area contributed by atoms with Gasteiger partial charge < -0.3 is 5.32 Å². The van der Waals surface area contributed by atoms with Gasteiger partial charge in [-0.25, -0.2) is 4.39 Å². The van der Waals surface area contributed by atoms with E-state index in [1.54, 1.807) is 12.1 Å². The second-order valence-corrected chi connectivity index (χ2v) is 5.80. The fourth-order valence-electron chi connectivity index (χ4n) is 3.13. The van der Waals surface area contributed by atoms with Gasteiger partial charge in [0.1, 0.15) is 5.82 Å². The van der Waals surface area contributed by atoms with Gasteiger partial charge in [0, 0.05) is 32.2 Å². The van der Waals surface area contributed by atoms with Crippen molar-refractivity contribution in [2.45, 2.75) is 45.6 Å². The molecule has 1 N–H and O–H groups in total. The van der Waals surface area contributed by atoms with Crippen LogP contribution in [-0.2, 0) is 0 Å². The average Bonchev–Trinajstić information content (AvgIpc) is 2.46. The molecule has 0 aromatic heterocycles. The largest absolute Gasteiger partial charge is 0.314 e. The van der Waals surface area contributed by atoms with E-state index >= 15 is 0 Å². The molecule has 0 aliphatic carbocycles. The zero-order valence-corrected chi connectivity index (χ0v) is 14.0. The third-order valence-electron chi connectivity index (χ3n) is 4.26. The monoisotopic (exact) mass is 314 g/mol. The zero-order valence-electron chi connectivity index (χ0n) is 13.2. The lowest BCUT2D eigenvalue weighted by Crippen LogP contribution is -2.45. The molecule has 0 unspecified atom stereocenters. The molecular weight excluding hydrogens is 287 g/mol. The summed E-state index contributed by atoms with van der Waals surface area (Å²) in [6, 6.07) is 5.72. The Bertz CT molecular complexity index is 419. The first-order valence-corrected chi connectivity index (χ1v) is 7.93. The van der Waals surface area contributed by atoms with Gasteiger partial charge in [-0.2, -0.15) is 0 Å². The molecule has 120 valence electrons. The number of hydrogen-bond donors (Lipinski definition) is 1. The molecule has 1 aromatic carbocycles. The second kappa shape index (κ2) is 9.39. The van der Waals surface area contributed by atoms with Crippen LogP contribution in [0.1, 0.15) is 49.8 Å². The summed E-state index contributed by atoms with van der Waals surface area (Å²) < 4.78 is 13.3. The van der Waals surface area contributed by atoms with Crippen molar-refractivity contribution >= 4 is 12.4 Å². The Morgan fingerprint density at radius 3 is 2.57 bits per heavy atom. The first-order chi connectivity index (χ1) is 9.72. The molecule has 21 heavy (non-hydrogen) atoms. The van der Waals surface area contributed by atoms with E-state index in [4.69, 9.17) is 0 Å². The summed E-state index contributed by atoms with van der Waals surface area (Å²) in [5.74, 6) is -0.126. The van der Waals surface area contributed by atoms with Crippen LogP contribution in [0, 0.1) is 12.7 Å². The maximum atomic E-state index is 13.3. The molecule has 0 spiro atoms. The second-order valence-electron chi connectivity index (χ2n) is 5.80. The third kappa shape index (κ3) is 5.24. The molecule has 1 aliphatic rings. The Hall–Kier alpha value is -0.640. The predicted octanol–water partition coefficient (Wildman–Crippen LogP) is 4.08. The van der Waals surface area contributed by atoms with E-state index in [1.807, 2.05) is 13.0 Å². The highest BCUT2D eigenvalue weighted by Gasteiger charge is 2.23. The normalized spacial score (nSPS) is 17.3. The van der Waals surface area contributed by atoms with Crippen LogP contribution in [0.3, 0.4) is 0 Å². The van der Waals surface area contributed by atoms with E-state index in [9.17, 15) is 4.39 Å². The van der Waals surface area contributed by atoms with Gasteiger partial charge in [-0.05, 0) is 36.6 Å². The number of hydrogen-bond acceptors (Lipinski definition) is 2. The molecule has 1 atom stereocenters. The molecule has 1 fully saturated rings. The molecule has 1 heterocycles. The molecular formula is C17H28ClFN2. The number of halogens is 2. The van der Waals surface area contributed by atoms with Gasteiger partial charge in [0.15, 0.2) is 0 Å². The molecule has 2 nitrogen and oxygen atoms in total. The van der Waals surface area contributed by atoms with Crippen molar-refractivity contribution in [1.82, 2.24) is 10.2 Å². The summed E-state index contributed by atoms with van der Waals surface area (Å²) >= 11 is 0. The van der Waals surface area contributed by atoms with Gasteiger partial charge in [0.2, 0.25) is 0 Å². The summed E-state index contributed by atoms with van der Waals surface area (Å²) in [6.45, 7) is 8.58. The van der Waals surface area contributed by atoms with Gasteiger partial charge in [-0.1, -0.05) is 32.3 Å². The van der Waals surface area contributed by atoms with E-state index in [0.29, 0.717) is 6.04 Å². The van der Waals surface area contributed by atoms with Crippen LogP contribution in [0.25, 0.3) is 0 Å². The Morgan fingerprint density at radius 1 is 1.24 bits per heavy atom. The van der Waals surface area contributed by atoms with Crippen molar-refractivity contribution in [1.29, 1.82) is 0 Å². The van der Waals surface area contributed by atoms with Crippen LogP contribution in [-0.4, -0.2) is 31.1 Å². The van der Waals surface area contributed by atoms with E-state index in [0.717, 1.165) is 31.7 Å². The molecule has 1 aromatic rings. The van der Waals surface area contributed by atoms with Crippen LogP contribution < -0.4 is 5.32 Å². The number of nitrogens with one attached hydrogen (secondary N) is 1. The van der Waals surface area contributed by atoms with Crippen molar-refractivity contribution in [3.8, 4) is 0 Å². The summed E-state index contributed by atoms with van der Waals surface area (Å²) in [6.07, 6.45) is 4.96. The molecule has 1 aliphatic heterocycles. The topological polar surface area (TPSA) is 15.3 Å². The minimum atomic E-state index is -0.126. The Labute approximate surface area is 134 Å². The molecule has 2 rings (SSSR count). The minimum Gasteiger partial charge on any atom is -0.314 e. The first-order valence-electron chi connectivity index (χ1n) is 7.93. The Morgan fingerprint density at radius 2 is 1.95 bits per heavy atom. The fourth-order valence-corrected chi connectivity index (χ4v) is 3.13.